The van der Waals surface area contributed by atoms with Gasteiger partial charge in [-0.05, 0) is 5.92 Å². The number of hydrogen-bond acceptors (Lipinski definition) is 3. The van der Waals surface area contributed by atoms with Gasteiger partial charge in [0.1, 0.15) is 0 Å². The molecule has 0 bridgehead atoms. The highest BCUT2D eigenvalue weighted by molar-refractivity contribution is 5.68. The van der Waals surface area contributed by atoms with Gasteiger partial charge in [0.05, 0.1) is 5.69 Å². The molecule has 0 fully saturated rings. The average Bonchev–Trinajstić information content (AvgIpc) is 2.03. The Labute approximate surface area is 69.7 Å². The van der Waals surface area contributed by atoms with Gasteiger partial charge in [-0.25, -0.2) is 4.98 Å². The van der Waals surface area contributed by atoms with Gasteiger partial charge >= 0.3 is 0 Å². The van der Waals surface area contributed by atoms with Crippen molar-refractivity contribution in [1.29, 1.82) is 0 Å². The first-order chi connectivity index (χ1) is 5.63. The average molecular weight is 166 g/mol. The van der Waals surface area contributed by atoms with E-state index in [1.165, 1.54) is 6.07 Å². The van der Waals surface area contributed by atoms with Crippen LogP contribution in [-0.4, -0.2) is 16.3 Å². The summed E-state index contributed by atoms with van der Waals surface area (Å²) >= 11 is 0. The number of nitrogens with zero attached hydrogens (tertiary/aromatic N) is 1. The fourth-order valence-electron chi connectivity index (χ4n) is 0.848. The smallest absolute Gasteiger partial charge is 0.251 e. The van der Waals surface area contributed by atoms with Crippen LogP contribution in [0.4, 0.5) is 0 Å². The number of aromatic nitrogens is 2. The number of carbonyl (C=O) groups is 1. The molecular formula is C8H10N2O2. The molecule has 1 heterocycles. The number of rotatable bonds is 2. The Hall–Kier alpha value is -1.45. The van der Waals surface area contributed by atoms with E-state index in [2.05, 4.69) is 9.97 Å². The van der Waals surface area contributed by atoms with Gasteiger partial charge in [-0.15, -0.1) is 0 Å². The molecule has 0 aliphatic carbocycles. The van der Waals surface area contributed by atoms with Gasteiger partial charge in [0, 0.05) is 6.07 Å². The van der Waals surface area contributed by atoms with Gasteiger partial charge in [0.2, 0.25) is 0 Å². The Morgan fingerprint density at radius 3 is 2.75 bits per heavy atom. The largest absolute Gasteiger partial charge is 0.304 e. The third kappa shape index (κ3) is 1.78. The van der Waals surface area contributed by atoms with Crippen molar-refractivity contribution < 1.29 is 4.79 Å². The fourth-order valence-corrected chi connectivity index (χ4v) is 0.848. The molecule has 0 saturated carbocycles. The highest BCUT2D eigenvalue weighted by Gasteiger charge is 2.03. The Balaban J connectivity index is 3.24. The summed E-state index contributed by atoms with van der Waals surface area (Å²) in [5, 5.41) is 0. The van der Waals surface area contributed by atoms with Crippen LogP contribution in [0.1, 0.15) is 36.1 Å². The predicted octanol–water partition coefficient (Wildman–Crippen LogP) is 0.706. The van der Waals surface area contributed by atoms with Gasteiger partial charge in [0.25, 0.3) is 5.56 Å². The number of nitrogens with one attached hydrogen (secondary N) is 1. The Kier molecular flexibility index (Phi) is 2.38. The minimum atomic E-state index is -0.282. The lowest BCUT2D eigenvalue weighted by Gasteiger charge is -2.02. The van der Waals surface area contributed by atoms with Crippen LogP contribution in [-0.2, 0) is 0 Å². The topological polar surface area (TPSA) is 62.8 Å². The van der Waals surface area contributed by atoms with Crippen LogP contribution in [0.2, 0.25) is 0 Å². The Morgan fingerprint density at radius 1 is 1.58 bits per heavy atom. The molecule has 12 heavy (non-hydrogen) atoms. The molecule has 0 spiro atoms. The van der Waals surface area contributed by atoms with E-state index in [9.17, 15) is 9.59 Å². The zero-order valence-corrected chi connectivity index (χ0v) is 7.00. The molecule has 0 aliphatic heterocycles. The van der Waals surface area contributed by atoms with Gasteiger partial charge in [0.15, 0.2) is 12.1 Å². The molecule has 1 rings (SSSR count). The number of carbonyl (C=O) groups excluding carboxylic acids is 1. The molecule has 0 aromatic carbocycles. The molecule has 1 aromatic heterocycles. The standard InChI is InChI=1S/C8H10N2O2/c1-5(2)6-3-8(12)10-7(4-11)9-6/h3-5H,1-2H3,(H,9,10,12). The van der Waals surface area contributed by atoms with Crippen LogP contribution in [0.15, 0.2) is 10.9 Å². The second-order valence-corrected chi connectivity index (χ2v) is 2.83. The van der Waals surface area contributed by atoms with Crippen molar-refractivity contribution in [2.45, 2.75) is 19.8 Å². The summed E-state index contributed by atoms with van der Waals surface area (Å²) in [5.41, 5.74) is 0.358. The van der Waals surface area contributed by atoms with E-state index in [4.69, 9.17) is 0 Å². The molecule has 4 nitrogen and oxygen atoms in total. The molecule has 0 unspecified atom stereocenters. The molecule has 0 atom stereocenters. The van der Waals surface area contributed by atoms with Crippen LogP contribution >= 0.6 is 0 Å². The maximum absolute atomic E-state index is 10.9. The highest BCUT2D eigenvalue weighted by Crippen LogP contribution is 2.07. The lowest BCUT2D eigenvalue weighted by molar-refractivity contribution is 0.111. The fraction of sp³-hybridized carbons (Fsp3) is 0.375. The van der Waals surface area contributed by atoms with Crippen LogP contribution in [0.5, 0.6) is 0 Å². The van der Waals surface area contributed by atoms with E-state index < -0.39 is 0 Å². The number of aromatic amines is 1. The SMILES string of the molecule is CC(C)c1cc(=O)[nH]c(C=O)n1. The van der Waals surface area contributed by atoms with Crippen molar-refractivity contribution in [1.82, 2.24) is 9.97 Å². The van der Waals surface area contributed by atoms with Crippen LogP contribution in [0.25, 0.3) is 0 Å². The summed E-state index contributed by atoms with van der Waals surface area (Å²) in [6.07, 6.45) is 0.535. The van der Waals surface area contributed by atoms with Gasteiger partial charge in [-0.3, -0.25) is 9.59 Å². The third-order valence-electron chi connectivity index (χ3n) is 1.48. The lowest BCUT2D eigenvalue weighted by Crippen LogP contribution is -2.12. The maximum atomic E-state index is 10.9. The summed E-state index contributed by atoms with van der Waals surface area (Å²) < 4.78 is 0. The Morgan fingerprint density at radius 2 is 2.25 bits per heavy atom. The van der Waals surface area contributed by atoms with Crippen molar-refractivity contribution >= 4 is 6.29 Å². The second kappa shape index (κ2) is 3.30. The van der Waals surface area contributed by atoms with Crippen LogP contribution in [0, 0.1) is 0 Å². The first-order valence-electron chi connectivity index (χ1n) is 3.70. The zero-order valence-electron chi connectivity index (χ0n) is 7.00. The molecule has 1 aromatic rings. The monoisotopic (exact) mass is 166 g/mol. The first-order valence-corrected chi connectivity index (χ1v) is 3.70. The predicted molar refractivity (Wildman–Crippen MR) is 44.3 cm³/mol. The minimum Gasteiger partial charge on any atom is -0.304 e. The molecule has 0 radical (unpaired) electrons. The summed E-state index contributed by atoms with van der Waals surface area (Å²) in [6, 6.07) is 1.40. The second-order valence-electron chi connectivity index (χ2n) is 2.83. The maximum Gasteiger partial charge on any atom is 0.251 e. The van der Waals surface area contributed by atoms with Gasteiger partial charge < -0.3 is 4.98 Å². The van der Waals surface area contributed by atoms with E-state index in [-0.39, 0.29) is 17.3 Å². The summed E-state index contributed by atoms with van der Waals surface area (Å²) in [6.45, 7) is 3.83. The Bertz CT molecular complexity index is 341. The van der Waals surface area contributed by atoms with E-state index in [0.717, 1.165) is 0 Å². The molecule has 0 amide bonds. The van der Waals surface area contributed by atoms with Crippen molar-refractivity contribution in [2.24, 2.45) is 0 Å². The number of aldehydes is 1. The van der Waals surface area contributed by atoms with Crippen molar-refractivity contribution in [3.63, 3.8) is 0 Å². The van der Waals surface area contributed by atoms with Gasteiger partial charge in [-0.2, -0.15) is 0 Å². The zero-order chi connectivity index (χ0) is 9.14. The van der Waals surface area contributed by atoms with E-state index in [1.54, 1.807) is 0 Å². The number of H-pyrrole nitrogens is 1. The quantitative estimate of drug-likeness (QED) is 0.658. The van der Waals surface area contributed by atoms with Crippen molar-refractivity contribution in [2.75, 3.05) is 0 Å². The van der Waals surface area contributed by atoms with Gasteiger partial charge in [-0.1, -0.05) is 13.8 Å². The molecule has 0 aliphatic rings. The molecule has 0 saturated heterocycles. The summed E-state index contributed by atoms with van der Waals surface area (Å²) in [7, 11) is 0. The normalized spacial score (nSPS) is 10.2. The summed E-state index contributed by atoms with van der Waals surface area (Å²) in [4.78, 5) is 27.5. The lowest BCUT2D eigenvalue weighted by atomic mass is 10.1. The molecule has 1 N–H and O–H groups in total. The molecular weight excluding hydrogens is 156 g/mol. The van der Waals surface area contributed by atoms with Crippen molar-refractivity contribution in [3.05, 3.63) is 27.9 Å². The first kappa shape index (κ1) is 8.64. The minimum absolute atomic E-state index is 0.0891. The van der Waals surface area contributed by atoms with Crippen LogP contribution < -0.4 is 5.56 Å². The number of hydrogen-bond donors (Lipinski definition) is 1. The molecule has 64 valence electrons. The van der Waals surface area contributed by atoms with E-state index in [1.807, 2.05) is 13.8 Å². The summed E-state index contributed by atoms with van der Waals surface area (Å²) in [5.74, 6) is 0.247. The van der Waals surface area contributed by atoms with E-state index >= 15 is 0 Å². The third-order valence-corrected chi connectivity index (χ3v) is 1.48. The van der Waals surface area contributed by atoms with Crippen LogP contribution in [0.3, 0.4) is 0 Å². The van der Waals surface area contributed by atoms with E-state index in [0.29, 0.717) is 12.0 Å². The van der Waals surface area contributed by atoms with Crippen molar-refractivity contribution in [3.8, 4) is 0 Å². The molecule has 4 heteroatoms. The highest BCUT2D eigenvalue weighted by atomic mass is 16.1.